The van der Waals surface area contributed by atoms with Gasteiger partial charge in [-0.05, 0) is 51.8 Å². The van der Waals surface area contributed by atoms with E-state index < -0.39 is 18.3 Å². The van der Waals surface area contributed by atoms with Crippen molar-refractivity contribution in [1.29, 1.82) is 0 Å². The maximum absolute atomic E-state index is 6.45. The van der Waals surface area contributed by atoms with E-state index in [2.05, 4.69) is 56.8 Å². The fourth-order valence-electron chi connectivity index (χ4n) is 3.55. The first-order chi connectivity index (χ1) is 13.2. The van der Waals surface area contributed by atoms with Gasteiger partial charge in [-0.25, -0.2) is 4.52 Å². The predicted octanol–water partition coefficient (Wildman–Crippen LogP) is 4.03. The second kappa shape index (κ2) is 6.87. The molecule has 0 radical (unpaired) electrons. The fourth-order valence-corrected chi connectivity index (χ4v) is 3.80. The molecule has 0 saturated carbocycles. The van der Waals surface area contributed by atoms with Gasteiger partial charge in [0.15, 0.2) is 0 Å². The Bertz CT molecular complexity index is 988. The van der Waals surface area contributed by atoms with Gasteiger partial charge in [-0.1, -0.05) is 30.7 Å². The zero-order valence-electron chi connectivity index (χ0n) is 16.9. The minimum absolute atomic E-state index is 0.240. The van der Waals surface area contributed by atoms with Crippen molar-refractivity contribution in [3.63, 3.8) is 0 Å². The molecule has 0 amide bonds. The third kappa shape index (κ3) is 3.34. The van der Waals surface area contributed by atoms with Gasteiger partial charge < -0.3 is 9.31 Å². The van der Waals surface area contributed by atoms with Gasteiger partial charge in [0.2, 0.25) is 0 Å². The quantitative estimate of drug-likeness (QED) is 0.624. The second-order valence-corrected chi connectivity index (χ2v) is 8.94. The van der Waals surface area contributed by atoms with Crippen molar-refractivity contribution in [2.75, 3.05) is 0 Å². The first-order valence-corrected chi connectivity index (χ1v) is 9.98. The minimum Gasteiger partial charge on any atom is -0.399 e. The summed E-state index contributed by atoms with van der Waals surface area (Å²) in [4.78, 5) is 4.50. The number of hydrogen-bond acceptors (Lipinski definition) is 4. The maximum Gasteiger partial charge on any atom is 0.496 e. The summed E-state index contributed by atoms with van der Waals surface area (Å²) in [5.41, 5.74) is 3.23. The molecule has 7 heteroatoms. The van der Waals surface area contributed by atoms with E-state index in [1.54, 1.807) is 6.20 Å². The molecular weight excluding hydrogens is 373 g/mol. The Morgan fingerprint density at radius 2 is 1.89 bits per heavy atom. The predicted molar refractivity (Wildman–Crippen MR) is 112 cm³/mol. The van der Waals surface area contributed by atoms with Crippen molar-refractivity contribution >= 4 is 29.7 Å². The molecule has 5 nitrogen and oxygen atoms in total. The van der Waals surface area contributed by atoms with Gasteiger partial charge in [-0.3, -0.25) is 4.98 Å². The smallest absolute Gasteiger partial charge is 0.399 e. The molecule has 0 aliphatic carbocycles. The molecule has 0 bridgehead atoms. The summed E-state index contributed by atoms with van der Waals surface area (Å²) >= 11 is 6.45. The number of nitrogens with zero attached hydrogens (tertiary/aromatic N) is 3. The average molecular weight is 398 g/mol. The Morgan fingerprint density at radius 3 is 2.54 bits per heavy atom. The average Bonchev–Trinajstić information content (AvgIpc) is 3.12. The number of pyridine rings is 2. The summed E-state index contributed by atoms with van der Waals surface area (Å²) in [5.74, 6) is 0.240. The molecule has 146 valence electrons. The van der Waals surface area contributed by atoms with Crippen LogP contribution in [-0.2, 0) is 15.7 Å². The number of aromatic nitrogens is 3. The van der Waals surface area contributed by atoms with Crippen molar-refractivity contribution in [2.24, 2.45) is 0 Å². The van der Waals surface area contributed by atoms with E-state index in [9.17, 15) is 0 Å². The van der Waals surface area contributed by atoms with Crippen LogP contribution in [0.15, 0.2) is 42.9 Å². The molecule has 1 fully saturated rings. The summed E-state index contributed by atoms with van der Waals surface area (Å²) in [6.07, 6.45) is 6.24. The van der Waals surface area contributed by atoms with Crippen LogP contribution in [0.4, 0.5) is 0 Å². The number of rotatable bonds is 4. The third-order valence-corrected chi connectivity index (χ3v) is 6.19. The highest BCUT2D eigenvalue weighted by molar-refractivity contribution is 6.62. The molecule has 4 heterocycles. The molecule has 28 heavy (non-hydrogen) atoms. The molecule has 1 unspecified atom stereocenters. The van der Waals surface area contributed by atoms with E-state index >= 15 is 0 Å². The lowest BCUT2D eigenvalue weighted by atomic mass is 9.79. The van der Waals surface area contributed by atoms with E-state index in [1.807, 2.05) is 29.0 Å². The first-order valence-electron chi connectivity index (χ1n) is 9.60. The second-order valence-electron chi connectivity index (χ2n) is 8.53. The molecule has 1 aliphatic rings. The van der Waals surface area contributed by atoms with Crippen LogP contribution in [0.2, 0.25) is 5.02 Å². The van der Waals surface area contributed by atoms with Crippen LogP contribution in [0.25, 0.3) is 5.52 Å². The van der Waals surface area contributed by atoms with E-state index in [0.29, 0.717) is 5.02 Å². The lowest BCUT2D eigenvalue weighted by Gasteiger charge is -2.32. The van der Waals surface area contributed by atoms with Crippen LogP contribution in [0, 0.1) is 0 Å². The van der Waals surface area contributed by atoms with Gasteiger partial charge in [-0.2, -0.15) is 5.10 Å². The van der Waals surface area contributed by atoms with Crippen molar-refractivity contribution in [2.45, 2.75) is 58.2 Å². The summed E-state index contributed by atoms with van der Waals surface area (Å²) in [6, 6.07) is 8.13. The highest BCUT2D eigenvalue weighted by atomic mass is 35.5. The normalized spacial score (nSPS) is 19.3. The van der Waals surface area contributed by atoms with E-state index in [4.69, 9.17) is 20.9 Å². The van der Waals surface area contributed by atoms with Crippen molar-refractivity contribution in [3.05, 3.63) is 59.1 Å². The van der Waals surface area contributed by atoms with Gasteiger partial charge >= 0.3 is 7.12 Å². The summed E-state index contributed by atoms with van der Waals surface area (Å²) in [5, 5.41) is 5.06. The van der Waals surface area contributed by atoms with Crippen LogP contribution in [0.3, 0.4) is 0 Å². The number of halogens is 1. The Balaban J connectivity index is 1.73. The van der Waals surface area contributed by atoms with E-state index in [-0.39, 0.29) is 5.92 Å². The number of fused-ring (bicyclic) bond motifs is 1. The van der Waals surface area contributed by atoms with Crippen LogP contribution >= 0.6 is 11.6 Å². The summed E-state index contributed by atoms with van der Waals surface area (Å²) in [7, 11) is -0.443. The Kier molecular flexibility index (Phi) is 4.77. The Labute approximate surface area is 171 Å². The first kappa shape index (κ1) is 19.4. The minimum atomic E-state index is -0.443. The molecule has 4 rings (SSSR count). The molecule has 0 aromatic carbocycles. The highest BCUT2D eigenvalue weighted by Gasteiger charge is 2.52. The van der Waals surface area contributed by atoms with Gasteiger partial charge in [0, 0.05) is 29.5 Å². The largest absolute Gasteiger partial charge is 0.496 e. The Morgan fingerprint density at radius 1 is 1.18 bits per heavy atom. The monoisotopic (exact) mass is 397 g/mol. The SMILES string of the molecule is CC(Cc1cc(B2OC(C)(C)C(C)(C)O2)cn2ncc(Cl)c12)c1ccccn1. The van der Waals surface area contributed by atoms with Crippen LogP contribution in [0.5, 0.6) is 0 Å². The fraction of sp³-hybridized carbons (Fsp3) is 0.429. The van der Waals surface area contributed by atoms with Crippen LogP contribution in [0.1, 0.15) is 51.8 Å². The van der Waals surface area contributed by atoms with Gasteiger partial charge in [0.25, 0.3) is 0 Å². The molecule has 3 aromatic rings. The standard InChI is InChI=1S/C21H25BClN3O2/c1-14(18-8-6-7-9-24-18)10-15-11-16(13-26-19(15)17(23)12-25-26)22-27-20(2,3)21(4,5)28-22/h6-9,11-14H,10H2,1-5H3. The lowest BCUT2D eigenvalue weighted by molar-refractivity contribution is 0.00578. The molecule has 3 aromatic heterocycles. The van der Waals surface area contributed by atoms with Gasteiger partial charge in [0.1, 0.15) is 0 Å². The molecule has 0 spiro atoms. The third-order valence-electron chi connectivity index (χ3n) is 5.91. The van der Waals surface area contributed by atoms with Crippen molar-refractivity contribution in [1.82, 2.24) is 14.6 Å². The lowest BCUT2D eigenvalue weighted by Crippen LogP contribution is -2.41. The number of hydrogen-bond donors (Lipinski definition) is 0. The topological polar surface area (TPSA) is 48.7 Å². The van der Waals surface area contributed by atoms with Crippen molar-refractivity contribution < 1.29 is 9.31 Å². The van der Waals surface area contributed by atoms with Gasteiger partial charge in [-0.15, -0.1) is 0 Å². The molecule has 1 saturated heterocycles. The molecule has 1 atom stereocenters. The van der Waals surface area contributed by atoms with Crippen LogP contribution in [-0.4, -0.2) is 32.9 Å². The highest BCUT2D eigenvalue weighted by Crippen LogP contribution is 2.37. The van der Waals surface area contributed by atoms with Crippen LogP contribution < -0.4 is 5.46 Å². The molecule has 1 aliphatic heterocycles. The maximum atomic E-state index is 6.45. The van der Waals surface area contributed by atoms with E-state index in [0.717, 1.165) is 28.7 Å². The van der Waals surface area contributed by atoms with Crippen molar-refractivity contribution in [3.8, 4) is 0 Å². The molecule has 0 N–H and O–H groups in total. The summed E-state index contributed by atoms with van der Waals surface area (Å²) < 4.78 is 14.3. The summed E-state index contributed by atoms with van der Waals surface area (Å²) in [6.45, 7) is 10.4. The Hall–Kier alpha value is -1.89. The molecular formula is C21H25BClN3O2. The van der Waals surface area contributed by atoms with Gasteiger partial charge in [0.05, 0.1) is 27.9 Å². The zero-order valence-corrected chi connectivity index (χ0v) is 17.7. The zero-order chi connectivity index (χ0) is 20.1. The van der Waals surface area contributed by atoms with E-state index in [1.165, 1.54) is 0 Å².